The monoisotopic (exact) mass is 347 g/mol. The van der Waals surface area contributed by atoms with Crippen molar-refractivity contribution in [2.75, 3.05) is 13.7 Å². The topological polar surface area (TPSA) is 66.8 Å². The first-order valence-electron chi connectivity index (χ1n) is 9.14. The number of aliphatic carboxylic acids is 1. The third kappa shape index (κ3) is 6.40. The molecule has 1 atom stereocenters. The van der Waals surface area contributed by atoms with Crippen molar-refractivity contribution < 1.29 is 19.4 Å². The predicted molar refractivity (Wildman–Crippen MR) is 96.4 cm³/mol. The Morgan fingerprint density at radius 1 is 1.20 bits per heavy atom. The van der Waals surface area contributed by atoms with Gasteiger partial charge in [0, 0.05) is 19.5 Å². The Morgan fingerprint density at radius 3 is 2.44 bits per heavy atom. The molecule has 0 aliphatic heterocycles. The van der Waals surface area contributed by atoms with Crippen LogP contribution in [0.25, 0.3) is 0 Å². The van der Waals surface area contributed by atoms with Gasteiger partial charge in [0.2, 0.25) is 5.91 Å². The van der Waals surface area contributed by atoms with E-state index in [4.69, 9.17) is 9.84 Å². The van der Waals surface area contributed by atoms with Crippen LogP contribution in [0.1, 0.15) is 51.0 Å². The number of hydrogen-bond donors (Lipinski definition) is 1. The van der Waals surface area contributed by atoms with E-state index >= 15 is 0 Å². The first-order chi connectivity index (χ1) is 12.0. The van der Waals surface area contributed by atoms with Gasteiger partial charge in [-0.2, -0.15) is 0 Å². The summed E-state index contributed by atoms with van der Waals surface area (Å²) < 4.78 is 5.12. The average molecular weight is 347 g/mol. The second kappa shape index (κ2) is 9.44. The van der Waals surface area contributed by atoms with Gasteiger partial charge in [0.05, 0.1) is 0 Å². The third-order valence-corrected chi connectivity index (χ3v) is 4.91. The molecule has 1 saturated carbocycles. The van der Waals surface area contributed by atoms with E-state index in [-0.39, 0.29) is 18.4 Å². The quantitative estimate of drug-likeness (QED) is 0.778. The number of carbonyl (C=O) groups is 2. The van der Waals surface area contributed by atoms with Crippen molar-refractivity contribution in [2.45, 2.75) is 52.0 Å². The van der Waals surface area contributed by atoms with Crippen LogP contribution in [0.15, 0.2) is 24.3 Å². The van der Waals surface area contributed by atoms with Gasteiger partial charge in [0.1, 0.15) is 5.75 Å². The van der Waals surface area contributed by atoms with Gasteiger partial charge in [-0.3, -0.25) is 4.79 Å². The van der Waals surface area contributed by atoms with Gasteiger partial charge in [-0.1, -0.05) is 51.2 Å². The lowest BCUT2D eigenvalue weighted by Gasteiger charge is -2.27. The number of carboxylic acids is 1. The molecular weight excluding hydrogens is 318 g/mol. The summed E-state index contributed by atoms with van der Waals surface area (Å²) >= 11 is 0. The minimum atomic E-state index is -0.999. The van der Waals surface area contributed by atoms with Gasteiger partial charge >= 0.3 is 5.97 Å². The van der Waals surface area contributed by atoms with E-state index < -0.39 is 5.97 Å². The molecule has 5 heteroatoms. The lowest BCUT2D eigenvalue weighted by Crippen LogP contribution is -2.32. The zero-order valence-corrected chi connectivity index (χ0v) is 15.2. The van der Waals surface area contributed by atoms with Crippen molar-refractivity contribution in [1.82, 2.24) is 4.90 Å². The highest BCUT2D eigenvalue weighted by Gasteiger charge is 2.23. The number of hydrogen-bond acceptors (Lipinski definition) is 3. The van der Waals surface area contributed by atoms with Crippen LogP contribution in [0.5, 0.6) is 5.75 Å². The van der Waals surface area contributed by atoms with Crippen molar-refractivity contribution in [3.63, 3.8) is 0 Å². The van der Waals surface area contributed by atoms with E-state index in [0.29, 0.717) is 18.2 Å². The second-order valence-corrected chi connectivity index (χ2v) is 7.16. The fourth-order valence-electron chi connectivity index (χ4n) is 3.59. The Bertz CT molecular complexity index is 564. The second-order valence-electron chi connectivity index (χ2n) is 7.16. The summed E-state index contributed by atoms with van der Waals surface area (Å²) in [6.07, 6.45) is 7.46. The maximum Gasteiger partial charge on any atom is 0.341 e. The predicted octanol–water partition coefficient (Wildman–Crippen LogP) is 3.71. The van der Waals surface area contributed by atoms with Crippen LogP contribution in [-0.2, 0) is 16.1 Å². The lowest BCUT2D eigenvalue weighted by molar-refractivity contribution is -0.139. The van der Waals surface area contributed by atoms with E-state index in [9.17, 15) is 9.59 Å². The largest absolute Gasteiger partial charge is 0.482 e. The average Bonchev–Trinajstić information content (AvgIpc) is 2.61. The Hall–Kier alpha value is -2.04. The molecule has 1 aliphatic rings. The molecule has 5 nitrogen and oxygen atoms in total. The van der Waals surface area contributed by atoms with E-state index in [1.165, 1.54) is 32.1 Å². The van der Waals surface area contributed by atoms with Crippen molar-refractivity contribution >= 4 is 11.9 Å². The smallest absolute Gasteiger partial charge is 0.341 e. The molecule has 25 heavy (non-hydrogen) atoms. The van der Waals surface area contributed by atoms with Gasteiger partial charge in [-0.15, -0.1) is 0 Å². The SMILES string of the molecule is CC(CC1CCCCC1)C(=O)N(C)Cc1ccc(OCC(=O)O)cc1. The van der Waals surface area contributed by atoms with E-state index in [1.54, 1.807) is 17.0 Å². The fourth-order valence-corrected chi connectivity index (χ4v) is 3.59. The minimum Gasteiger partial charge on any atom is -0.482 e. The van der Waals surface area contributed by atoms with Crippen LogP contribution in [0.3, 0.4) is 0 Å². The highest BCUT2D eigenvalue weighted by molar-refractivity contribution is 5.78. The number of carbonyl (C=O) groups excluding carboxylic acids is 1. The van der Waals surface area contributed by atoms with Crippen LogP contribution in [0, 0.1) is 11.8 Å². The van der Waals surface area contributed by atoms with Crippen LogP contribution < -0.4 is 4.74 Å². The molecule has 0 aromatic heterocycles. The van der Waals surface area contributed by atoms with Gasteiger partial charge in [-0.25, -0.2) is 4.79 Å². The number of nitrogens with zero attached hydrogens (tertiary/aromatic N) is 1. The molecule has 1 aliphatic carbocycles. The van der Waals surface area contributed by atoms with Gasteiger partial charge in [-0.05, 0) is 30.0 Å². The molecule has 138 valence electrons. The molecule has 0 bridgehead atoms. The van der Waals surface area contributed by atoms with Crippen LogP contribution in [0.2, 0.25) is 0 Å². The Labute approximate surface area is 150 Å². The summed E-state index contributed by atoms with van der Waals surface area (Å²) in [5, 5.41) is 8.61. The number of ether oxygens (including phenoxy) is 1. The maximum atomic E-state index is 12.6. The molecule has 2 rings (SSSR count). The molecule has 1 fully saturated rings. The molecular formula is C20H29NO4. The highest BCUT2D eigenvalue weighted by atomic mass is 16.5. The summed E-state index contributed by atoms with van der Waals surface area (Å²) in [4.78, 5) is 24.9. The first kappa shape index (κ1) is 19.3. The Kier molecular flexibility index (Phi) is 7.29. The summed E-state index contributed by atoms with van der Waals surface area (Å²) in [5.74, 6) is 0.474. The van der Waals surface area contributed by atoms with E-state index in [0.717, 1.165) is 12.0 Å². The Balaban J connectivity index is 1.81. The molecule has 0 saturated heterocycles. The van der Waals surface area contributed by atoms with Crippen LogP contribution in [0.4, 0.5) is 0 Å². The third-order valence-electron chi connectivity index (χ3n) is 4.91. The summed E-state index contributed by atoms with van der Waals surface area (Å²) in [7, 11) is 1.84. The molecule has 1 amide bonds. The van der Waals surface area contributed by atoms with E-state index in [1.807, 2.05) is 26.1 Å². The molecule has 0 radical (unpaired) electrons. The fraction of sp³-hybridized carbons (Fsp3) is 0.600. The van der Waals surface area contributed by atoms with Gasteiger partial charge < -0.3 is 14.7 Å². The molecule has 0 spiro atoms. The van der Waals surface area contributed by atoms with Gasteiger partial charge in [0.25, 0.3) is 0 Å². The molecule has 0 heterocycles. The summed E-state index contributed by atoms with van der Waals surface area (Å²) in [5.41, 5.74) is 1.00. The van der Waals surface area contributed by atoms with Crippen LogP contribution in [-0.4, -0.2) is 35.5 Å². The lowest BCUT2D eigenvalue weighted by atomic mass is 9.83. The Morgan fingerprint density at radius 2 is 1.84 bits per heavy atom. The zero-order valence-electron chi connectivity index (χ0n) is 15.2. The number of benzene rings is 1. The molecule has 1 aromatic rings. The minimum absolute atomic E-state index is 0.0614. The highest BCUT2D eigenvalue weighted by Crippen LogP contribution is 2.29. The van der Waals surface area contributed by atoms with Crippen LogP contribution >= 0.6 is 0 Å². The molecule has 1 unspecified atom stereocenters. The molecule has 1 N–H and O–H groups in total. The van der Waals surface area contributed by atoms with Crippen molar-refractivity contribution in [3.8, 4) is 5.75 Å². The standard InChI is InChI=1S/C20H29NO4/c1-15(12-16-6-4-3-5-7-16)20(24)21(2)13-17-8-10-18(11-9-17)25-14-19(22)23/h8-11,15-16H,3-7,12-14H2,1-2H3,(H,22,23). The number of amides is 1. The first-order valence-corrected chi connectivity index (χ1v) is 9.14. The number of rotatable bonds is 8. The van der Waals surface area contributed by atoms with Crippen molar-refractivity contribution in [2.24, 2.45) is 11.8 Å². The van der Waals surface area contributed by atoms with Crippen molar-refractivity contribution in [1.29, 1.82) is 0 Å². The van der Waals surface area contributed by atoms with E-state index in [2.05, 4.69) is 0 Å². The number of carboxylic acid groups (broad SMARTS) is 1. The summed E-state index contributed by atoms with van der Waals surface area (Å²) in [6, 6.07) is 7.21. The van der Waals surface area contributed by atoms with Crippen molar-refractivity contribution in [3.05, 3.63) is 29.8 Å². The normalized spacial score (nSPS) is 16.2. The summed E-state index contributed by atoms with van der Waals surface area (Å²) in [6.45, 7) is 2.24. The molecule has 1 aromatic carbocycles. The zero-order chi connectivity index (χ0) is 18.2. The maximum absolute atomic E-state index is 12.6. The van der Waals surface area contributed by atoms with Gasteiger partial charge in [0.15, 0.2) is 6.61 Å².